The molecule has 0 unspecified atom stereocenters. The van der Waals surface area contributed by atoms with Gasteiger partial charge in [0, 0.05) is 20.1 Å². The van der Waals surface area contributed by atoms with Crippen LogP contribution >= 0.6 is 0 Å². The summed E-state index contributed by atoms with van der Waals surface area (Å²) in [6, 6.07) is 17.0. The number of carbonyl (C=O) groups is 2. The normalized spacial score (nSPS) is 23.5. The molecular formula is C24H28O8. The second-order valence-electron chi connectivity index (χ2n) is 7.51. The van der Waals surface area contributed by atoms with Crippen LogP contribution in [0.5, 0.6) is 0 Å². The first kappa shape index (κ1) is 23.9. The molecule has 1 saturated heterocycles. The number of hydrogen-bond acceptors (Lipinski definition) is 8. The predicted molar refractivity (Wildman–Crippen MR) is 114 cm³/mol. The zero-order chi connectivity index (χ0) is 22.9. The highest BCUT2D eigenvalue weighted by molar-refractivity contribution is 5.90. The lowest BCUT2D eigenvalue weighted by Crippen LogP contribution is -2.38. The van der Waals surface area contributed by atoms with E-state index in [1.807, 2.05) is 0 Å². The average molecular weight is 444 g/mol. The Morgan fingerprint density at radius 2 is 1.56 bits per heavy atom. The highest BCUT2D eigenvalue weighted by Crippen LogP contribution is 2.29. The largest absolute Gasteiger partial charge is 0.458 e. The topological polar surface area (TPSA) is 112 Å². The molecule has 0 spiro atoms. The van der Waals surface area contributed by atoms with Crippen LogP contribution in [0.1, 0.15) is 33.6 Å². The third kappa shape index (κ3) is 6.14. The number of ether oxygens (including phenoxy) is 4. The maximum absolute atomic E-state index is 12.6. The van der Waals surface area contributed by atoms with E-state index in [0.717, 1.165) is 0 Å². The van der Waals surface area contributed by atoms with E-state index in [0.29, 0.717) is 11.1 Å². The van der Waals surface area contributed by atoms with Gasteiger partial charge in [0.05, 0.1) is 23.3 Å². The summed E-state index contributed by atoms with van der Waals surface area (Å²) in [6.45, 7) is -0.338. The Morgan fingerprint density at radius 3 is 2.12 bits per heavy atom. The smallest absolute Gasteiger partial charge is 0.338 e. The lowest BCUT2D eigenvalue weighted by Gasteiger charge is -2.24. The van der Waals surface area contributed by atoms with E-state index in [-0.39, 0.29) is 26.1 Å². The van der Waals surface area contributed by atoms with Crippen LogP contribution in [0.3, 0.4) is 0 Å². The SMILES string of the molecule is CO[C@@H]1[C@@H](O)[C@H](CCO)O[C@@H]1C[C@@H](COC(=O)c1ccccc1)OC(=O)c1ccccc1. The standard InChI is InChI=1S/C24H28O8/c1-29-22-20(32-19(12-13-25)21(22)26)14-18(31-24(28)17-10-6-3-7-11-17)15-30-23(27)16-8-4-2-5-9-16/h2-11,18-22,25-26H,12-15H2,1H3/t18-,19-,20+,21-,22-/m0/s1. The third-order valence-corrected chi connectivity index (χ3v) is 5.31. The Kier molecular flexibility index (Phi) is 8.75. The van der Waals surface area contributed by atoms with Gasteiger partial charge in [0.25, 0.3) is 0 Å². The molecule has 1 aliphatic rings. The van der Waals surface area contributed by atoms with Crippen molar-refractivity contribution in [3.05, 3.63) is 71.8 Å². The summed E-state index contributed by atoms with van der Waals surface area (Å²) in [5, 5.41) is 19.6. The zero-order valence-corrected chi connectivity index (χ0v) is 17.8. The van der Waals surface area contributed by atoms with Gasteiger partial charge in [-0.1, -0.05) is 36.4 Å². The number of methoxy groups -OCH3 is 1. The van der Waals surface area contributed by atoms with Gasteiger partial charge in [-0.15, -0.1) is 0 Å². The van der Waals surface area contributed by atoms with Gasteiger partial charge >= 0.3 is 11.9 Å². The van der Waals surface area contributed by atoms with Gasteiger partial charge < -0.3 is 29.2 Å². The Balaban J connectivity index is 1.70. The Morgan fingerprint density at radius 1 is 0.969 bits per heavy atom. The summed E-state index contributed by atoms with van der Waals surface area (Å²) in [5.74, 6) is -1.11. The Labute approximate surface area is 186 Å². The van der Waals surface area contributed by atoms with Crippen molar-refractivity contribution in [2.24, 2.45) is 0 Å². The van der Waals surface area contributed by atoms with E-state index in [1.54, 1.807) is 60.7 Å². The summed E-state index contributed by atoms with van der Waals surface area (Å²) in [4.78, 5) is 25.0. The molecule has 0 bridgehead atoms. The molecular weight excluding hydrogens is 416 g/mol. The van der Waals surface area contributed by atoms with Gasteiger partial charge in [0.2, 0.25) is 0 Å². The molecule has 0 radical (unpaired) electrons. The maximum atomic E-state index is 12.6. The fourth-order valence-electron chi connectivity index (χ4n) is 3.69. The zero-order valence-electron chi connectivity index (χ0n) is 17.8. The van der Waals surface area contributed by atoms with Gasteiger partial charge in [-0.05, 0) is 30.7 Å². The van der Waals surface area contributed by atoms with Crippen LogP contribution in [0.25, 0.3) is 0 Å². The molecule has 1 fully saturated rings. The first-order valence-electron chi connectivity index (χ1n) is 10.5. The molecule has 8 heteroatoms. The molecule has 1 heterocycles. The minimum absolute atomic E-state index is 0.137. The van der Waals surface area contributed by atoms with E-state index in [9.17, 15) is 19.8 Å². The van der Waals surface area contributed by atoms with Crippen LogP contribution in [0, 0.1) is 0 Å². The number of esters is 2. The lowest BCUT2D eigenvalue weighted by molar-refractivity contribution is -0.0545. The van der Waals surface area contributed by atoms with Crippen molar-refractivity contribution in [1.29, 1.82) is 0 Å². The van der Waals surface area contributed by atoms with E-state index in [1.165, 1.54) is 7.11 Å². The fourth-order valence-corrected chi connectivity index (χ4v) is 3.69. The van der Waals surface area contributed by atoms with Gasteiger partial charge in [0.1, 0.15) is 24.9 Å². The van der Waals surface area contributed by atoms with Gasteiger partial charge in [0.15, 0.2) is 0 Å². The van der Waals surface area contributed by atoms with Crippen molar-refractivity contribution < 1.29 is 38.7 Å². The molecule has 3 rings (SSSR count). The van der Waals surface area contributed by atoms with Gasteiger partial charge in [-0.2, -0.15) is 0 Å². The average Bonchev–Trinajstić information content (AvgIpc) is 3.12. The molecule has 1 aliphatic heterocycles. The third-order valence-electron chi connectivity index (χ3n) is 5.31. The van der Waals surface area contributed by atoms with Crippen LogP contribution in [0.15, 0.2) is 60.7 Å². The summed E-state index contributed by atoms with van der Waals surface area (Å²) in [6.07, 6.45) is -3.28. The van der Waals surface area contributed by atoms with Crippen LogP contribution < -0.4 is 0 Å². The molecule has 2 N–H and O–H groups in total. The van der Waals surface area contributed by atoms with Crippen LogP contribution in [0.4, 0.5) is 0 Å². The molecule has 0 aromatic heterocycles. The van der Waals surface area contributed by atoms with E-state index < -0.39 is 42.5 Å². The van der Waals surface area contributed by atoms with Crippen LogP contribution in [0.2, 0.25) is 0 Å². The first-order chi connectivity index (χ1) is 15.5. The van der Waals surface area contributed by atoms with Crippen molar-refractivity contribution in [3.63, 3.8) is 0 Å². The van der Waals surface area contributed by atoms with E-state index in [2.05, 4.69) is 0 Å². The summed E-state index contributed by atoms with van der Waals surface area (Å²) in [7, 11) is 1.45. The minimum atomic E-state index is -0.936. The minimum Gasteiger partial charge on any atom is -0.458 e. The molecule has 5 atom stereocenters. The second kappa shape index (κ2) is 11.7. The van der Waals surface area contributed by atoms with Crippen molar-refractivity contribution in [3.8, 4) is 0 Å². The molecule has 0 aliphatic carbocycles. The Bertz CT molecular complexity index is 857. The van der Waals surface area contributed by atoms with Crippen molar-refractivity contribution in [1.82, 2.24) is 0 Å². The number of aliphatic hydroxyl groups excluding tert-OH is 2. The van der Waals surface area contributed by atoms with Crippen molar-refractivity contribution in [2.45, 2.75) is 43.4 Å². The monoisotopic (exact) mass is 444 g/mol. The molecule has 2 aromatic rings. The number of hydrogen-bond donors (Lipinski definition) is 2. The quantitative estimate of drug-likeness (QED) is 0.535. The molecule has 0 amide bonds. The summed E-state index contributed by atoms with van der Waals surface area (Å²) >= 11 is 0. The maximum Gasteiger partial charge on any atom is 0.338 e. The van der Waals surface area contributed by atoms with Crippen LogP contribution in [-0.4, -0.2) is 73.0 Å². The van der Waals surface area contributed by atoms with Crippen molar-refractivity contribution >= 4 is 11.9 Å². The summed E-state index contributed by atoms with van der Waals surface area (Å²) < 4.78 is 22.3. The van der Waals surface area contributed by atoms with Crippen LogP contribution in [-0.2, 0) is 18.9 Å². The summed E-state index contributed by atoms with van der Waals surface area (Å²) in [5.41, 5.74) is 0.742. The Hall–Kier alpha value is -2.78. The molecule has 32 heavy (non-hydrogen) atoms. The predicted octanol–water partition coefficient (Wildman–Crippen LogP) is 1.98. The van der Waals surface area contributed by atoms with E-state index >= 15 is 0 Å². The van der Waals surface area contributed by atoms with Gasteiger partial charge in [-0.25, -0.2) is 9.59 Å². The number of carbonyl (C=O) groups excluding carboxylic acids is 2. The fraction of sp³-hybridized carbons (Fsp3) is 0.417. The second-order valence-corrected chi connectivity index (χ2v) is 7.51. The highest BCUT2D eigenvalue weighted by atomic mass is 16.6. The van der Waals surface area contributed by atoms with E-state index in [4.69, 9.17) is 18.9 Å². The number of benzene rings is 2. The number of aliphatic hydroxyl groups is 2. The molecule has 2 aromatic carbocycles. The molecule has 172 valence electrons. The highest BCUT2D eigenvalue weighted by Gasteiger charge is 2.44. The number of rotatable bonds is 10. The van der Waals surface area contributed by atoms with Crippen molar-refractivity contribution in [2.75, 3.05) is 20.3 Å². The molecule has 8 nitrogen and oxygen atoms in total. The first-order valence-corrected chi connectivity index (χ1v) is 10.5. The lowest BCUT2D eigenvalue weighted by atomic mass is 10.0. The van der Waals surface area contributed by atoms with Gasteiger partial charge in [-0.3, -0.25) is 0 Å². The molecule has 0 saturated carbocycles.